The van der Waals surface area contributed by atoms with E-state index in [1.807, 2.05) is 82.7 Å². The van der Waals surface area contributed by atoms with E-state index < -0.39 is 0 Å². The normalized spacial score (nSPS) is 13.1. The molecule has 0 spiro atoms. The Morgan fingerprint density at radius 3 is 0.960 bits per heavy atom. The largest absolute Gasteiger partial charge is 0.129 e. The molecule has 0 N–H and O–H groups in total. The smallest absolute Gasteiger partial charge is 0.0604 e. The van der Waals surface area contributed by atoms with Crippen molar-refractivity contribution in [2.24, 2.45) is 0 Å². The molecule has 2 heterocycles. The average Bonchev–Trinajstić information content (AvgIpc) is 3.79. The summed E-state index contributed by atoms with van der Waals surface area (Å²) in [7, 11) is 0. The zero-order valence-corrected chi connectivity index (χ0v) is 34.3. The maximum Gasteiger partial charge on any atom is 0.0604 e. The third-order valence-corrected chi connectivity index (χ3v) is 12.6. The number of hydrogen-bond acceptors (Lipinski definition) is 4. The van der Waals surface area contributed by atoms with E-state index >= 15 is 0 Å². The Hall–Kier alpha value is -2.24. The molecule has 2 rings (SSSR count). The number of rotatable bonds is 30. The first-order chi connectivity index (χ1) is 24.8. The van der Waals surface area contributed by atoms with Crippen LogP contribution in [0.15, 0.2) is 130 Å². The van der Waals surface area contributed by atoms with Gasteiger partial charge in [-0.3, -0.25) is 0 Å². The highest BCUT2D eigenvalue weighted by Gasteiger charge is 2.00. The Labute approximate surface area is 324 Å². The fourth-order valence-electron chi connectivity index (χ4n) is 5.02. The van der Waals surface area contributed by atoms with Crippen LogP contribution in [0.5, 0.6) is 0 Å². The van der Waals surface area contributed by atoms with Crippen molar-refractivity contribution in [2.45, 2.75) is 125 Å². The number of hydrogen-bond donors (Lipinski definition) is 0. The van der Waals surface area contributed by atoms with Crippen molar-refractivity contribution in [3.63, 3.8) is 0 Å². The van der Waals surface area contributed by atoms with Crippen LogP contribution in [0.3, 0.4) is 0 Å². The second-order valence-corrected chi connectivity index (χ2v) is 17.4. The molecule has 0 atom stereocenters. The number of unbranched alkanes of at least 4 members (excludes halogenated alkanes) is 14. The molecule has 0 unspecified atom stereocenters. The van der Waals surface area contributed by atoms with E-state index in [4.69, 9.17) is 0 Å². The van der Waals surface area contributed by atoms with Crippen LogP contribution in [-0.4, -0.2) is 11.5 Å². The highest BCUT2D eigenvalue weighted by Crippen LogP contribution is 2.30. The lowest BCUT2D eigenvalue weighted by atomic mass is 10.1. The van der Waals surface area contributed by atoms with Gasteiger partial charge in [0.2, 0.25) is 0 Å². The zero-order chi connectivity index (χ0) is 35.4. The first-order valence-electron chi connectivity index (χ1n) is 19.3. The summed E-state index contributed by atoms with van der Waals surface area (Å²) in [5, 5.41) is 0. The molecule has 0 aromatic carbocycles. The molecule has 0 saturated heterocycles. The minimum Gasteiger partial charge on any atom is -0.129 e. The molecule has 0 nitrogen and oxygen atoms in total. The van der Waals surface area contributed by atoms with Crippen LogP contribution in [0.1, 0.15) is 126 Å². The molecule has 0 saturated carbocycles. The van der Waals surface area contributed by atoms with Gasteiger partial charge in [0.05, 0.1) is 8.42 Å². The topological polar surface area (TPSA) is 0 Å². The summed E-state index contributed by atoms with van der Waals surface area (Å²) in [6.45, 7) is 4.57. The molecule has 0 aliphatic heterocycles. The summed E-state index contributed by atoms with van der Waals surface area (Å²) in [4.78, 5) is 2.64. The zero-order valence-electron chi connectivity index (χ0n) is 31.1. The molecule has 2 aromatic heterocycles. The van der Waals surface area contributed by atoms with E-state index in [0.717, 1.165) is 0 Å². The van der Waals surface area contributed by atoms with Gasteiger partial charge < -0.3 is 0 Å². The second-order valence-electron chi connectivity index (χ2n) is 12.4. The van der Waals surface area contributed by atoms with Gasteiger partial charge in [0.25, 0.3) is 0 Å². The predicted molar refractivity (Wildman–Crippen MR) is 237 cm³/mol. The first-order valence-corrected chi connectivity index (χ1v) is 22.9. The van der Waals surface area contributed by atoms with Gasteiger partial charge in [-0.05, 0) is 60.8 Å². The van der Waals surface area contributed by atoms with E-state index in [9.17, 15) is 0 Å². The van der Waals surface area contributed by atoms with E-state index in [2.05, 4.69) is 111 Å². The Morgan fingerprint density at radius 1 is 0.360 bits per heavy atom. The number of thiophene rings is 2. The van der Waals surface area contributed by atoms with Gasteiger partial charge >= 0.3 is 0 Å². The lowest BCUT2D eigenvalue weighted by Gasteiger charge is -2.01. The van der Waals surface area contributed by atoms with Crippen LogP contribution in [0.2, 0.25) is 0 Å². The van der Waals surface area contributed by atoms with Crippen molar-refractivity contribution in [3.05, 3.63) is 131 Å². The van der Waals surface area contributed by atoms with Crippen LogP contribution < -0.4 is 0 Å². The number of allylic oxidation sites excluding steroid dienone is 16. The monoisotopic (exact) mass is 744 g/mol. The van der Waals surface area contributed by atoms with E-state index in [1.54, 1.807) is 0 Å². The molecule has 4 heteroatoms. The third kappa shape index (κ3) is 26.6. The molecule has 50 heavy (non-hydrogen) atoms. The van der Waals surface area contributed by atoms with Gasteiger partial charge in [0.15, 0.2) is 0 Å². The standard InChI is InChI=1S/C46H64S4/c1-3-5-7-9-11-25-29-33-41-47-45-39-37-43(49-45)35-31-27-23-21-19-17-15-13-14-16-18-20-22-24-28-32-36-44-38-40-46(50-44)48-42-34-30-26-12-10-8-6-4-2/h13-24,27-28,31-32,35-40H,3-12,25-26,29-30,33-34,41-42H2,1-2H3/b14-13+,17-15+,18-16+,21-19+,22-20+,27-23+,28-24+,35-31+,36-32+. The molecule has 272 valence electrons. The van der Waals surface area contributed by atoms with Gasteiger partial charge in [-0.2, -0.15) is 0 Å². The van der Waals surface area contributed by atoms with Gasteiger partial charge in [0, 0.05) is 9.75 Å². The minimum atomic E-state index is 1.24. The van der Waals surface area contributed by atoms with E-state index in [1.165, 1.54) is 132 Å². The number of thioether (sulfide) groups is 2. The van der Waals surface area contributed by atoms with Crippen molar-refractivity contribution in [2.75, 3.05) is 11.5 Å². The molecule has 0 radical (unpaired) electrons. The highest BCUT2D eigenvalue weighted by atomic mass is 32.2. The highest BCUT2D eigenvalue weighted by molar-refractivity contribution is 8.01. The Morgan fingerprint density at radius 2 is 0.640 bits per heavy atom. The van der Waals surface area contributed by atoms with Crippen molar-refractivity contribution >= 4 is 58.3 Å². The van der Waals surface area contributed by atoms with Crippen molar-refractivity contribution in [1.82, 2.24) is 0 Å². The van der Waals surface area contributed by atoms with Crippen LogP contribution in [-0.2, 0) is 0 Å². The molecule has 0 aliphatic carbocycles. The van der Waals surface area contributed by atoms with Crippen LogP contribution >= 0.6 is 46.2 Å². The van der Waals surface area contributed by atoms with Crippen LogP contribution in [0, 0.1) is 0 Å². The van der Waals surface area contributed by atoms with Crippen LogP contribution in [0.4, 0.5) is 0 Å². The Kier molecular flexibility index (Phi) is 29.8. The SMILES string of the molecule is CCCCCCCCCCSc1ccc(/C=C/C=C/C=C/C=C/C=C/C=C/C=C/C=C/C=C/c2ccc(SCCCCCCCCCC)s2)s1. The molecular weight excluding hydrogens is 681 g/mol. The lowest BCUT2D eigenvalue weighted by molar-refractivity contribution is 0.586. The first kappa shape index (κ1) is 43.9. The molecule has 0 amide bonds. The van der Waals surface area contributed by atoms with Gasteiger partial charge in [-0.15, -0.1) is 46.2 Å². The van der Waals surface area contributed by atoms with Gasteiger partial charge in [0.1, 0.15) is 0 Å². The quantitative estimate of drug-likeness (QED) is 0.0444. The van der Waals surface area contributed by atoms with E-state index in [-0.39, 0.29) is 0 Å². The summed E-state index contributed by atoms with van der Waals surface area (Å²) in [6.07, 6.45) is 59.6. The Bertz CT molecular complexity index is 1240. The van der Waals surface area contributed by atoms with Gasteiger partial charge in [-0.25, -0.2) is 0 Å². The van der Waals surface area contributed by atoms with Gasteiger partial charge in [-0.1, -0.05) is 201 Å². The summed E-state index contributed by atoms with van der Waals surface area (Å²) in [5.41, 5.74) is 0. The Balaban J connectivity index is 1.49. The van der Waals surface area contributed by atoms with Crippen molar-refractivity contribution in [3.8, 4) is 0 Å². The summed E-state index contributed by atoms with van der Waals surface area (Å²) in [5.74, 6) is 2.48. The lowest BCUT2D eigenvalue weighted by Crippen LogP contribution is -1.82. The van der Waals surface area contributed by atoms with E-state index in [0.29, 0.717) is 0 Å². The van der Waals surface area contributed by atoms with Crippen LogP contribution in [0.25, 0.3) is 12.2 Å². The minimum absolute atomic E-state index is 1.24. The maximum atomic E-state index is 2.28. The molecule has 0 bridgehead atoms. The fraction of sp³-hybridized carbons (Fsp3) is 0.435. The molecule has 0 aliphatic rings. The average molecular weight is 745 g/mol. The summed E-state index contributed by atoms with van der Waals surface area (Å²) < 4.78 is 2.87. The second kappa shape index (κ2) is 33.9. The summed E-state index contributed by atoms with van der Waals surface area (Å²) in [6, 6.07) is 8.99. The fourth-order valence-corrected chi connectivity index (χ4v) is 9.30. The molecule has 0 fully saturated rings. The maximum absolute atomic E-state index is 2.28. The van der Waals surface area contributed by atoms with Crippen molar-refractivity contribution < 1.29 is 0 Å². The molecular formula is C46H64S4. The predicted octanol–water partition coefficient (Wildman–Crippen LogP) is 16.9. The third-order valence-electron chi connectivity index (χ3n) is 7.88. The molecule has 2 aromatic rings. The summed E-state index contributed by atoms with van der Waals surface area (Å²) >= 11 is 7.81. The van der Waals surface area contributed by atoms with Crippen molar-refractivity contribution in [1.29, 1.82) is 0 Å².